The molecule has 0 fully saturated rings. The summed E-state index contributed by atoms with van der Waals surface area (Å²) in [5.41, 5.74) is 0.998. The summed E-state index contributed by atoms with van der Waals surface area (Å²) >= 11 is 0. The van der Waals surface area contributed by atoms with Crippen LogP contribution < -0.4 is 0 Å². The molecule has 1 aromatic heterocycles. The minimum absolute atomic E-state index is 0.0399. The first-order valence-electron chi connectivity index (χ1n) is 5.82. The van der Waals surface area contributed by atoms with Gasteiger partial charge in [-0.05, 0) is 46.1 Å². The van der Waals surface area contributed by atoms with E-state index in [0.717, 1.165) is 12.1 Å². The molecule has 0 N–H and O–H groups in total. The number of rotatable bonds is 3. The van der Waals surface area contributed by atoms with E-state index in [2.05, 4.69) is 37.4 Å². The van der Waals surface area contributed by atoms with E-state index in [1.807, 2.05) is 18.3 Å². The average Bonchev–Trinajstić information content (AvgIpc) is 2.62. The topological polar surface area (TPSA) is 8.17 Å². The summed E-state index contributed by atoms with van der Waals surface area (Å²) in [5, 5.41) is 0.696. The quantitative estimate of drug-likeness (QED) is 0.792. The first-order chi connectivity index (χ1) is 7.92. The second-order valence-corrected chi connectivity index (χ2v) is 5.32. The number of halogens is 1. The molecule has 0 bridgehead atoms. The number of hydrogen-bond donors (Lipinski definition) is 0. The minimum atomic E-state index is -0.149. The standard InChI is InChI=1S/C14H19FN2/c1-14(2,16(3)4)10-17-9-8-11-12(15)6-5-7-13(11)17/h5-9H,10H2,1-4H3. The molecule has 1 heterocycles. The van der Waals surface area contributed by atoms with Crippen molar-refractivity contribution in [2.75, 3.05) is 14.1 Å². The molecule has 1 aromatic carbocycles. The summed E-state index contributed by atoms with van der Waals surface area (Å²) in [5.74, 6) is -0.149. The van der Waals surface area contributed by atoms with E-state index in [1.54, 1.807) is 6.07 Å². The van der Waals surface area contributed by atoms with Crippen LogP contribution in [0.2, 0.25) is 0 Å². The lowest BCUT2D eigenvalue weighted by atomic mass is 10.0. The highest BCUT2D eigenvalue weighted by Gasteiger charge is 2.21. The van der Waals surface area contributed by atoms with Crippen molar-refractivity contribution in [1.29, 1.82) is 0 Å². The molecule has 3 heteroatoms. The van der Waals surface area contributed by atoms with Gasteiger partial charge in [0.15, 0.2) is 0 Å². The Bertz CT molecular complexity index is 526. The maximum atomic E-state index is 13.6. The molecule has 0 amide bonds. The van der Waals surface area contributed by atoms with E-state index < -0.39 is 0 Å². The zero-order valence-electron chi connectivity index (χ0n) is 10.9. The van der Waals surface area contributed by atoms with Crippen molar-refractivity contribution in [3.63, 3.8) is 0 Å². The largest absolute Gasteiger partial charge is 0.346 e. The van der Waals surface area contributed by atoms with Gasteiger partial charge in [-0.2, -0.15) is 0 Å². The van der Waals surface area contributed by atoms with Crippen LogP contribution in [0.1, 0.15) is 13.8 Å². The monoisotopic (exact) mass is 234 g/mol. The van der Waals surface area contributed by atoms with Gasteiger partial charge in [0.25, 0.3) is 0 Å². The zero-order chi connectivity index (χ0) is 12.6. The Morgan fingerprint density at radius 1 is 1.24 bits per heavy atom. The predicted octanol–water partition coefficient (Wildman–Crippen LogP) is 3.12. The van der Waals surface area contributed by atoms with Gasteiger partial charge in [0.1, 0.15) is 5.82 Å². The molecule has 0 spiro atoms. The van der Waals surface area contributed by atoms with Crippen LogP contribution in [0, 0.1) is 5.82 Å². The summed E-state index contributed by atoms with van der Waals surface area (Å²) in [4.78, 5) is 2.18. The van der Waals surface area contributed by atoms with Crippen molar-refractivity contribution in [3.8, 4) is 0 Å². The number of likely N-dealkylation sites (N-methyl/N-ethyl adjacent to an activating group) is 1. The molecule has 0 saturated heterocycles. The summed E-state index contributed by atoms with van der Waals surface area (Å²) in [6, 6.07) is 7.07. The second-order valence-electron chi connectivity index (χ2n) is 5.32. The van der Waals surface area contributed by atoms with Crippen molar-refractivity contribution < 1.29 is 4.39 Å². The SMILES string of the molecule is CN(C)C(C)(C)Cn1ccc2c(F)cccc21. The van der Waals surface area contributed by atoms with Crippen molar-refractivity contribution in [3.05, 3.63) is 36.3 Å². The molecular formula is C14H19FN2. The first kappa shape index (κ1) is 12.1. The van der Waals surface area contributed by atoms with Crippen molar-refractivity contribution >= 4 is 10.9 Å². The van der Waals surface area contributed by atoms with Gasteiger partial charge in [-0.3, -0.25) is 0 Å². The molecule has 0 aliphatic heterocycles. The van der Waals surface area contributed by atoms with Crippen molar-refractivity contribution in [2.24, 2.45) is 0 Å². The number of hydrogen-bond acceptors (Lipinski definition) is 1. The molecule has 0 aliphatic rings. The Hall–Kier alpha value is -1.35. The molecule has 17 heavy (non-hydrogen) atoms. The van der Waals surface area contributed by atoms with Crippen LogP contribution >= 0.6 is 0 Å². The first-order valence-corrected chi connectivity index (χ1v) is 5.82. The maximum Gasteiger partial charge on any atom is 0.132 e. The number of aromatic nitrogens is 1. The van der Waals surface area contributed by atoms with Gasteiger partial charge in [0, 0.05) is 23.7 Å². The molecule has 2 aromatic rings. The van der Waals surface area contributed by atoms with E-state index in [9.17, 15) is 4.39 Å². The highest BCUT2D eigenvalue weighted by Crippen LogP contribution is 2.22. The third-order valence-corrected chi connectivity index (χ3v) is 3.53. The summed E-state index contributed by atoms with van der Waals surface area (Å²) < 4.78 is 15.7. The van der Waals surface area contributed by atoms with Gasteiger partial charge in [-0.15, -0.1) is 0 Å². The fraction of sp³-hybridized carbons (Fsp3) is 0.429. The van der Waals surface area contributed by atoms with Gasteiger partial charge in [0.05, 0.1) is 5.52 Å². The summed E-state index contributed by atoms with van der Waals surface area (Å²) in [6.07, 6.45) is 1.96. The van der Waals surface area contributed by atoms with E-state index in [4.69, 9.17) is 0 Å². The Morgan fingerprint density at radius 3 is 2.59 bits per heavy atom. The van der Waals surface area contributed by atoms with Crippen molar-refractivity contribution in [2.45, 2.75) is 25.9 Å². The number of fused-ring (bicyclic) bond motifs is 1. The van der Waals surface area contributed by atoms with Crippen LogP contribution in [-0.4, -0.2) is 29.1 Å². The van der Waals surface area contributed by atoms with Crippen LogP contribution in [0.3, 0.4) is 0 Å². The van der Waals surface area contributed by atoms with Gasteiger partial charge in [-0.25, -0.2) is 4.39 Å². The van der Waals surface area contributed by atoms with Crippen LogP contribution in [0.4, 0.5) is 4.39 Å². The van der Waals surface area contributed by atoms with Gasteiger partial charge in [0.2, 0.25) is 0 Å². The molecular weight excluding hydrogens is 215 g/mol. The summed E-state index contributed by atoms with van der Waals surface area (Å²) in [7, 11) is 4.12. The fourth-order valence-electron chi connectivity index (χ4n) is 1.88. The molecule has 0 aliphatic carbocycles. The second kappa shape index (κ2) is 4.15. The van der Waals surface area contributed by atoms with E-state index in [-0.39, 0.29) is 11.4 Å². The number of benzene rings is 1. The van der Waals surface area contributed by atoms with Gasteiger partial charge in [-0.1, -0.05) is 6.07 Å². The molecule has 2 nitrogen and oxygen atoms in total. The Balaban J connectivity index is 2.41. The van der Waals surface area contributed by atoms with E-state index in [1.165, 1.54) is 6.07 Å². The highest BCUT2D eigenvalue weighted by atomic mass is 19.1. The van der Waals surface area contributed by atoms with E-state index >= 15 is 0 Å². The summed E-state index contributed by atoms with van der Waals surface area (Å²) in [6.45, 7) is 5.20. The van der Waals surface area contributed by atoms with E-state index in [0.29, 0.717) is 5.39 Å². The smallest absolute Gasteiger partial charge is 0.132 e. The molecule has 0 saturated carbocycles. The van der Waals surface area contributed by atoms with Crippen LogP contribution in [0.5, 0.6) is 0 Å². The predicted molar refractivity (Wildman–Crippen MR) is 69.7 cm³/mol. The fourth-order valence-corrected chi connectivity index (χ4v) is 1.88. The average molecular weight is 234 g/mol. The Kier molecular flexibility index (Phi) is 2.96. The third-order valence-electron chi connectivity index (χ3n) is 3.53. The Labute approximate surface area is 102 Å². The molecule has 92 valence electrons. The Morgan fingerprint density at radius 2 is 1.94 bits per heavy atom. The zero-order valence-corrected chi connectivity index (χ0v) is 10.9. The van der Waals surface area contributed by atoms with Gasteiger partial charge >= 0.3 is 0 Å². The molecule has 0 radical (unpaired) electrons. The normalized spacial score (nSPS) is 12.6. The third kappa shape index (κ3) is 2.20. The number of nitrogens with zero attached hydrogens (tertiary/aromatic N) is 2. The molecule has 0 unspecified atom stereocenters. The van der Waals surface area contributed by atoms with Crippen molar-refractivity contribution in [1.82, 2.24) is 9.47 Å². The lowest BCUT2D eigenvalue weighted by molar-refractivity contribution is 0.171. The van der Waals surface area contributed by atoms with Crippen LogP contribution in [0.15, 0.2) is 30.5 Å². The van der Waals surface area contributed by atoms with Gasteiger partial charge < -0.3 is 9.47 Å². The lowest BCUT2D eigenvalue weighted by Crippen LogP contribution is -2.41. The highest BCUT2D eigenvalue weighted by molar-refractivity contribution is 5.80. The molecule has 0 atom stereocenters. The lowest BCUT2D eigenvalue weighted by Gasteiger charge is -2.33. The van der Waals surface area contributed by atoms with Crippen LogP contribution in [0.25, 0.3) is 10.9 Å². The maximum absolute atomic E-state index is 13.6. The molecule has 2 rings (SSSR count). The van der Waals surface area contributed by atoms with Crippen LogP contribution in [-0.2, 0) is 6.54 Å². The minimum Gasteiger partial charge on any atom is -0.346 e.